The minimum absolute atomic E-state index is 0. The molecule has 1 aliphatic heterocycles. The molecule has 3 heterocycles. The number of nitrogens with zero attached hydrogens (tertiary/aromatic N) is 2. The number of hydrogen-bond acceptors (Lipinski definition) is 4. The quantitative estimate of drug-likeness (QED) is 0.0778. The minimum atomic E-state index is -0.476. The van der Waals surface area contributed by atoms with Crippen molar-refractivity contribution in [2.24, 2.45) is 0 Å². The number of rotatable bonds is 10. The molecule has 0 amide bonds. The summed E-state index contributed by atoms with van der Waals surface area (Å²) in [5.41, 5.74) is 28.2. The molecule has 2 aromatic heterocycles. The summed E-state index contributed by atoms with van der Waals surface area (Å²) in [5.74, 6) is 0. The van der Waals surface area contributed by atoms with Crippen LogP contribution in [-0.2, 0) is 52.8 Å². The normalized spacial score (nSPS) is 13.9. The maximum Gasteiger partial charge on any atom is 0.494 e. The molecule has 4 nitrogen and oxygen atoms in total. The third-order valence-corrected chi connectivity index (χ3v) is 28.5. The maximum absolute atomic E-state index is 6.36. The van der Waals surface area contributed by atoms with Gasteiger partial charge in [-0.05, 0) is 239 Å². The summed E-state index contributed by atoms with van der Waals surface area (Å²) >= 11 is 3.79. The van der Waals surface area contributed by atoms with E-state index in [4.69, 9.17) is 19.3 Å². The van der Waals surface area contributed by atoms with E-state index < -0.39 is 29.2 Å². The van der Waals surface area contributed by atoms with E-state index >= 15 is 0 Å². The van der Waals surface area contributed by atoms with Crippen molar-refractivity contribution in [1.82, 2.24) is 9.97 Å². The second-order valence-corrected chi connectivity index (χ2v) is 35.8. The molecule has 1 fully saturated rings. The molecule has 2 aliphatic carbocycles. The number of aromatic nitrogens is 2. The van der Waals surface area contributed by atoms with Crippen LogP contribution in [0, 0.1) is 0 Å². The predicted molar refractivity (Wildman–Crippen MR) is 547 cm³/mol. The summed E-state index contributed by atoms with van der Waals surface area (Å²) < 4.78 is 13.9. The van der Waals surface area contributed by atoms with Crippen LogP contribution in [0.25, 0.3) is 165 Å². The molecule has 0 N–H and O–H groups in total. The van der Waals surface area contributed by atoms with Crippen LogP contribution < -0.4 is 5.46 Å². The van der Waals surface area contributed by atoms with Crippen LogP contribution in [0.1, 0.15) is 79.6 Å². The predicted octanol–water partition coefficient (Wildman–Crippen LogP) is 31.8. The molecule has 617 valence electrons. The van der Waals surface area contributed by atoms with Gasteiger partial charge in [0, 0.05) is 69.9 Å². The Hall–Kier alpha value is -13.7. The van der Waals surface area contributed by atoms with E-state index in [1.54, 1.807) is 0 Å². The Kier molecular flexibility index (Phi) is 21.6. The van der Waals surface area contributed by atoms with Crippen LogP contribution in [0.2, 0.25) is 0 Å². The molecule has 0 spiro atoms. The molecule has 3 aliphatic rings. The molecule has 130 heavy (non-hydrogen) atoms. The van der Waals surface area contributed by atoms with Crippen LogP contribution in [-0.4, -0.2) is 28.3 Å². The summed E-state index contributed by atoms with van der Waals surface area (Å²) in [5, 5.41) is 17.1. The number of para-hydroxylation sites is 2. The molecule has 25 rings (SSSR count). The first kappa shape index (κ1) is 83.3. The number of pyridine rings is 2. The van der Waals surface area contributed by atoms with E-state index in [0.29, 0.717) is 0 Å². The van der Waals surface area contributed by atoms with E-state index in [-0.39, 0.29) is 40.1 Å². The third-order valence-electron chi connectivity index (χ3n) is 27.6. The van der Waals surface area contributed by atoms with Gasteiger partial charge in [-0.1, -0.05) is 420 Å². The standard InChI is InChI=1S/C58H37N.C44H36BNO2.C20H13Br.CH4.Y/c1-4-18-38(19-5-1)55-45-26-10-12-28-47(45)56(48-29-13-11-27-46(48)55)39-32-34-40(35-33-39)57-51-36-50-43-24-14-16-30-52(43)58(41-20-6-2-7-21-41,42-22-8-3-9-23-42)53(50)37-49(51)44-25-15-17-31-54(44)59-57;1-42(2)43(3,4)48-45(47-42)32-25-23-29(24-26-32)41-37-27-36-33-19-11-13-21-38(33)44(30-15-7-5-8-16-30,31-17-9-6-10-18-31)39(36)28-35(37)34-20-12-14-22-40(34)46-41;21-20-17-12-6-4-10-15(17)19(14-8-2-1-3-9-14)16-11-5-7-13-18(16)20;;/h1-37H;5-28H,1-4H3;1-13H;1H4;. The topological polar surface area (TPSA) is 44.2 Å². The molecule has 0 unspecified atom stereocenters. The Morgan fingerprint density at radius 2 is 0.492 bits per heavy atom. The Bertz CT molecular complexity index is 7910. The van der Waals surface area contributed by atoms with Crippen molar-refractivity contribution in [3.05, 3.63) is 498 Å². The van der Waals surface area contributed by atoms with Gasteiger partial charge in [-0.2, -0.15) is 0 Å². The second-order valence-electron chi connectivity index (χ2n) is 35.0. The van der Waals surface area contributed by atoms with Gasteiger partial charge in [0.1, 0.15) is 0 Å². The molecular weight excluding hydrogens is 1720 g/mol. The fraction of sp³-hybridized carbons (Fsp3) is 0.0732. The fourth-order valence-corrected chi connectivity index (χ4v) is 21.8. The van der Waals surface area contributed by atoms with Gasteiger partial charge in [-0.25, -0.2) is 9.97 Å². The first-order valence-electron chi connectivity index (χ1n) is 44.3. The van der Waals surface area contributed by atoms with E-state index in [2.05, 4.69) is 493 Å². The Morgan fingerprint density at radius 1 is 0.231 bits per heavy atom. The van der Waals surface area contributed by atoms with Crippen molar-refractivity contribution >= 4 is 115 Å². The van der Waals surface area contributed by atoms with Gasteiger partial charge in [-0.3, -0.25) is 0 Å². The molecule has 0 saturated carbocycles. The van der Waals surface area contributed by atoms with Crippen molar-refractivity contribution in [3.63, 3.8) is 0 Å². The summed E-state index contributed by atoms with van der Waals surface area (Å²) in [6.45, 7) is 8.36. The molecule has 20 aromatic carbocycles. The smallest absolute Gasteiger partial charge is 0.399 e. The van der Waals surface area contributed by atoms with Crippen molar-refractivity contribution < 1.29 is 42.0 Å². The molecule has 0 atom stereocenters. The van der Waals surface area contributed by atoms with Crippen LogP contribution in [0.5, 0.6) is 0 Å². The van der Waals surface area contributed by atoms with Crippen molar-refractivity contribution in [1.29, 1.82) is 0 Å². The number of halogens is 1. The minimum Gasteiger partial charge on any atom is -0.399 e. The Labute approximate surface area is 793 Å². The summed E-state index contributed by atoms with van der Waals surface area (Å²) in [6.07, 6.45) is 0. The van der Waals surface area contributed by atoms with Crippen molar-refractivity contribution in [3.8, 4) is 78.1 Å². The number of hydrogen-bond donors (Lipinski definition) is 0. The molecule has 0 bridgehead atoms. The average Bonchev–Trinajstić information content (AvgIpc) is 1.53. The fourth-order valence-electron chi connectivity index (χ4n) is 21.1. The SMILES string of the molecule is Brc1c2ccccc2c(-c2ccccc2)c2ccccc12.C.CC1(C)OB(c2ccc(-c3nc4ccccc4c4cc5c(cc34)-c3ccccc3C5(c3ccccc3)c3ccccc3)cc2)OC1(C)C.[Y].c1ccc(-c2c3ccccc3c(-c3ccc(-c4nc5ccccc5c5cc6c(cc45)-c4ccccc4C6(c4ccccc4)c4ccccc4)cc3)c3ccccc23)cc1. The maximum atomic E-state index is 6.36. The largest absolute Gasteiger partial charge is 0.494 e. The van der Waals surface area contributed by atoms with Gasteiger partial charge in [0.15, 0.2) is 0 Å². The van der Waals surface area contributed by atoms with E-state index in [9.17, 15) is 0 Å². The third kappa shape index (κ3) is 13.5. The van der Waals surface area contributed by atoms with Crippen molar-refractivity contribution in [2.75, 3.05) is 0 Å². The van der Waals surface area contributed by atoms with E-state index in [0.717, 1.165) is 60.6 Å². The average molecular weight is 1810 g/mol. The van der Waals surface area contributed by atoms with Crippen LogP contribution in [0.15, 0.2) is 453 Å². The summed E-state index contributed by atoms with van der Waals surface area (Å²) in [4.78, 5) is 10.8. The molecule has 7 heteroatoms. The molecule has 1 saturated heterocycles. The van der Waals surface area contributed by atoms with Gasteiger partial charge in [0.05, 0.1) is 44.5 Å². The number of benzene rings is 20. The summed E-state index contributed by atoms with van der Waals surface area (Å²) in [6, 6.07) is 163. The first-order valence-corrected chi connectivity index (χ1v) is 45.1. The van der Waals surface area contributed by atoms with Crippen LogP contribution in [0.4, 0.5) is 0 Å². The van der Waals surface area contributed by atoms with Gasteiger partial charge in [0.2, 0.25) is 0 Å². The van der Waals surface area contributed by atoms with Crippen LogP contribution >= 0.6 is 15.9 Å². The number of fused-ring (bicyclic) bond motifs is 16. The van der Waals surface area contributed by atoms with Crippen molar-refractivity contribution in [2.45, 2.75) is 57.2 Å². The molecule has 22 aromatic rings. The van der Waals surface area contributed by atoms with Gasteiger partial charge in [0.25, 0.3) is 0 Å². The zero-order chi connectivity index (χ0) is 85.8. The Balaban J connectivity index is 0.000000129. The van der Waals surface area contributed by atoms with Gasteiger partial charge < -0.3 is 9.31 Å². The van der Waals surface area contributed by atoms with E-state index in [1.807, 2.05) is 0 Å². The zero-order valence-electron chi connectivity index (χ0n) is 72.0. The first-order chi connectivity index (χ1) is 62.9. The van der Waals surface area contributed by atoms with Crippen LogP contribution in [0.3, 0.4) is 0 Å². The second kappa shape index (κ2) is 33.8. The Morgan fingerprint density at radius 3 is 0.838 bits per heavy atom. The van der Waals surface area contributed by atoms with E-state index in [1.165, 1.54) is 158 Å². The molecular formula is C123H90BBrN2O2Y. The van der Waals surface area contributed by atoms with Gasteiger partial charge in [-0.15, -0.1) is 0 Å². The zero-order valence-corrected chi connectivity index (χ0v) is 76.4. The summed E-state index contributed by atoms with van der Waals surface area (Å²) in [7, 11) is -0.408. The molecule has 1 radical (unpaired) electrons. The van der Waals surface area contributed by atoms with Gasteiger partial charge >= 0.3 is 7.12 Å². The monoisotopic (exact) mass is 1810 g/mol.